The summed E-state index contributed by atoms with van der Waals surface area (Å²) in [6.07, 6.45) is 4.43. The summed E-state index contributed by atoms with van der Waals surface area (Å²) in [5.74, 6) is 0.225. The maximum absolute atomic E-state index is 12.6. The molecule has 2 aliphatic carbocycles. The van der Waals surface area contributed by atoms with Crippen LogP contribution in [0.25, 0.3) is 0 Å². The molecule has 0 amide bonds. The highest BCUT2D eigenvalue weighted by Crippen LogP contribution is 2.53. The minimum Gasteiger partial charge on any atom is -0.389 e. The molecule has 2 fully saturated rings. The molecule has 0 saturated heterocycles. The summed E-state index contributed by atoms with van der Waals surface area (Å²) in [5.41, 5.74) is 1.09. The van der Waals surface area contributed by atoms with Crippen molar-refractivity contribution in [1.82, 2.24) is 4.83 Å². The second kappa shape index (κ2) is 6.64. The van der Waals surface area contributed by atoms with Crippen molar-refractivity contribution in [2.45, 2.75) is 70.3 Å². The SMILES string of the molecule is Cc1ccc(S(=O)(=O)N/N=C2\CCCC(C)(C)[C@@H]3CC[C@@](C)(O)[C@@H]23)cc1. The Hall–Kier alpha value is -1.40. The third kappa shape index (κ3) is 3.67. The Labute approximate surface area is 156 Å². The summed E-state index contributed by atoms with van der Waals surface area (Å²) in [4.78, 5) is 2.62. The van der Waals surface area contributed by atoms with E-state index >= 15 is 0 Å². The third-order valence-corrected chi connectivity index (χ3v) is 7.52. The van der Waals surface area contributed by atoms with Gasteiger partial charge in [-0.2, -0.15) is 13.5 Å². The minimum absolute atomic E-state index is 0.0966. The van der Waals surface area contributed by atoms with E-state index in [1.54, 1.807) is 24.3 Å². The van der Waals surface area contributed by atoms with Gasteiger partial charge in [0.2, 0.25) is 0 Å². The Bertz CT molecular complexity index is 795. The van der Waals surface area contributed by atoms with Crippen LogP contribution < -0.4 is 4.83 Å². The van der Waals surface area contributed by atoms with Crippen molar-refractivity contribution in [3.8, 4) is 0 Å². The van der Waals surface area contributed by atoms with E-state index in [1.165, 1.54) is 0 Å². The zero-order valence-corrected chi connectivity index (χ0v) is 16.9. The summed E-state index contributed by atoms with van der Waals surface area (Å²) >= 11 is 0. The number of fused-ring (bicyclic) bond motifs is 1. The molecule has 5 nitrogen and oxygen atoms in total. The molecule has 3 rings (SSSR count). The van der Waals surface area contributed by atoms with Gasteiger partial charge in [-0.25, -0.2) is 4.83 Å². The molecule has 1 aromatic rings. The van der Waals surface area contributed by atoms with Gasteiger partial charge in [0, 0.05) is 11.6 Å². The Balaban J connectivity index is 1.90. The Morgan fingerprint density at radius 2 is 1.81 bits per heavy atom. The van der Waals surface area contributed by atoms with Crippen LogP contribution in [0.3, 0.4) is 0 Å². The summed E-state index contributed by atoms with van der Waals surface area (Å²) in [6, 6.07) is 6.71. The van der Waals surface area contributed by atoms with Gasteiger partial charge in [-0.15, -0.1) is 0 Å². The number of hydrogen-bond donors (Lipinski definition) is 2. The first-order valence-electron chi connectivity index (χ1n) is 9.40. The van der Waals surface area contributed by atoms with E-state index in [0.29, 0.717) is 5.92 Å². The van der Waals surface area contributed by atoms with E-state index in [-0.39, 0.29) is 16.2 Å². The van der Waals surface area contributed by atoms with Gasteiger partial charge in [0.1, 0.15) is 0 Å². The second-order valence-electron chi connectivity index (χ2n) is 8.83. The molecule has 1 aromatic carbocycles. The highest BCUT2D eigenvalue weighted by atomic mass is 32.2. The number of hydrazone groups is 1. The number of aryl methyl sites for hydroxylation is 1. The first kappa shape index (κ1) is 19.4. The molecule has 144 valence electrons. The average molecular weight is 379 g/mol. The molecule has 6 heteroatoms. The number of rotatable bonds is 3. The molecule has 2 aliphatic rings. The molecular weight excluding hydrogens is 348 g/mol. The summed E-state index contributed by atoms with van der Waals surface area (Å²) < 4.78 is 25.1. The van der Waals surface area contributed by atoms with Crippen LogP contribution in [0.2, 0.25) is 0 Å². The molecule has 0 radical (unpaired) electrons. The van der Waals surface area contributed by atoms with Crippen LogP contribution in [0.1, 0.15) is 58.4 Å². The number of nitrogens with zero attached hydrogens (tertiary/aromatic N) is 1. The van der Waals surface area contributed by atoms with Crippen LogP contribution >= 0.6 is 0 Å². The van der Waals surface area contributed by atoms with E-state index < -0.39 is 15.6 Å². The maximum atomic E-state index is 12.6. The van der Waals surface area contributed by atoms with E-state index in [2.05, 4.69) is 23.8 Å². The molecule has 2 saturated carbocycles. The number of nitrogens with one attached hydrogen (secondary N) is 1. The van der Waals surface area contributed by atoms with Crippen LogP contribution in [0.5, 0.6) is 0 Å². The van der Waals surface area contributed by atoms with Gasteiger partial charge in [0.05, 0.1) is 10.5 Å². The fraction of sp³-hybridized carbons (Fsp3) is 0.650. The molecule has 0 spiro atoms. The Morgan fingerprint density at radius 3 is 2.46 bits per heavy atom. The molecule has 3 atom stereocenters. The zero-order chi connectivity index (χ0) is 19.2. The minimum atomic E-state index is -3.70. The van der Waals surface area contributed by atoms with Crippen LogP contribution in [-0.2, 0) is 10.0 Å². The van der Waals surface area contributed by atoms with E-state index in [4.69, 9.17) is 0 Å². The number of sulfonamides is 1. The van der Waals surface area contributed by atoms with Crippen LogP contribution in [0.4, 0.5) is 0 Å². The van der Waals surface area contributed by atoms with Crippen molar-refractivity contribution < 1.29 is 13.5 Å². The number of hydrogen-bond acceptors (Lipinski definition) is 4. The van der Waals surface area contributed by atoms with Crippen LogP contribution in [-0.4, -0.2) is 24.8 Å². The first-order chi connectivity index (χ1) is 12.0. The summed E-state index contributed by atoms with van der Waals surface area (Å²) in [6.45, 7) is 8.29. The lowest BCUT2D eigenvalue weighted by atomic mass is 9.70. The van der Waals surface area contributed by atoms with Crippen molar-refractivity contribution in [3.63, 3.8) is 0 Å². The third-order valence-electron chi connectivity index (χ3n) is 6.29. The normalized spacial score (nSPS) is 32.9. The van der Waals surface area contributed by atoms with E-state index in [1.807, 2.05) is 13.8 Å². The Morgan fingerprint density at radius 1 is 1.15 bits per heavy atom. The molecule has 0 aliphatic heterocycles. The van der Waals surface area contributed by atoms with E-state index in [0.717, 1.165) is 43.4 Å². The van der Waals surface area contributed by atoms with E-state index in [9.17, 15) is 13.5 Å². The zero-order valence-electron chi connectivity index (χ0n) is 16.1. The topological polar surface area (TPSA) is 78.8 Å². The summed E-state index contributed by atoms with van der Waals surface area (Å²) in [5, 5.41) is 15.3. The highest BCUT2D eigenvalue weighted by molar-refractivity contribution is 7.89. The van der Waals surface area contributed by atoms with Gasteiger partial charge in [-0.1, -0.05) is 31.5 Å². The van der Waals surface area contributed by atoms with Crippen molar-refractivity contribution in [2.75, 3.05) is 0 Å². The summed E-state index contributed by atoms with van der Waals surface area (Å²) in [7, 11) is -3.70. The molecular formula is C20H30N2O3S. The lowest BCUT2D eigenvalue weighted by Crippen LogP contribution is -2.41. The van der Waals surface area contributed by atoms with Gasteiger partial charge in [-0.05, 0) is 69.4 Å². The second-order valence-corrected chi connectivity index (χ2v) is 10.5. The fourth-order valence-electron chi connectivity index (χ4n) is 4.72. The predicted octanol–water partition coefficient (Wildman–Crippen LogP) is 3.62. The molecule has 0 unspecified atom stereocenters. The van der Waals surface area contributed by atoms with Crippen molar-refractivity contribution in [2.24, 2.45) is 22.4 Å². The van der Waals surface area contributed by atoms with Gasteiger partial charge in [0.15, 0.2) is 0 Å². The molecule has 26 heavy (non-hydrogen) atoms. The highest BCUT2D eigenvalue weighted by Gasteiger charge is 2.52. The number of aliphatic hydroxyl groups is 1. The van der Waals surface area contributed by atoms with Gasteiger partial charge in [-0.3, -0.25) is 0 Å². The predicted molar refractivity (Wildman–Crippen MR) is 103 cm³/mol. The smallest absolute Gasteiger partial charge is 0.276 e. The van der Waals surface area contributed by atoms with Gasteiger partial charge in [0.25, 0.3) is 10.0 Å². The quantitative estimate of drug-likeness (QED) is 0.789. The largest absolute Gasteiger partial charge is 0.389 e. The molecule has 2 N–H and O–H groups in total. The van der Waals surface area contributed by atoms with Gasteiger partial charge >= 0.3 is 0 Å². The van der Waals surface area contributed by atoms with Crippen molar-refractivity contribution in [1.29, 1.82) is 0 Å². The van der Waals surface area contributed by atoms with Crippen LogP contribution in [0, 0.1) is 24.2 Å². The average Bonchev–Trinajstić information content (AvgIpc) is 2.79. The molecule has 0 heterocycles. The standard InChI is InChI=1S/C20H30N2O3S/c1-14-7-9-15(10-8-14)26(24,25)22-21-17-6-5-12-19(2,3)16-11-13-20(4,23)18(16)17/h7-10,16,18,22-23H,5-6,11-13H2,1-4H3/b21-17+/t16-,18-,20-/m1/s1. The first-order valence-corrected chi connectivity index (χ1v) is 10.9. The maximum Gasteiger partial charge on any atom is 0.276 e. The van der Waals surface area contributed by atoms with Crippen molar-refractivity contribution in [3.05, 3.63) is 29.8 Å². The fourth-order valence-corrected chi connectivity index (χ4v) is 5.55. The van der Waals surface area contributed by atoms with Gasteiger partial charge < -0.3 is 5.11 Å². The number of benzene rings is 1. The monoisotopic (exact) mass is 378 g/mol. The Kier molecular flexibility index (Phi) is 4.95. The molecule has 0 aromatic heterocycles. The lowest BCUT2D eigenvalue weighted by molar-refractivity contribution is 0.0243. The molecule has 0 bridgehead atoms. The lowest BCUT2D eigenvalue weighted by Gasteiger charge is -2.36. The van der Waals surface area contributed by atoms with Crippen LogP contribution in [0.15, 0.2) is 34.3 Å². The van der Waals surface area contributed by atoms with Crippen molar-refractivity contribution >= 4 is 15.7 Å².